The first-order valence-corrected chi connectivity index (χ1v) is 22.5. The van der Waals surface area contributed by atoms with Gasteiger partial charge in [0.05, 0.1) is 16.4 Å². The van der Waals surface area contributed by atoms with Gasteiger partial charge >= 0.3 is 0 Å². The van der Waals surface area contributed by atoms with Crippen LogP contribution in [0.5, 0.6) is 0 Å². The summed E-state index contributed by atoms with van der Waals surface area (Å²) in [6.45, 7) is 4.79. The highest BCUT2D eigenvalue weighted by Crippen LogP contribution is 2.63. The van der Waals surface area contributed by atoms with Crippen molar-refractivity contribution < 1.29 is 0 Å². The Balaban J connectivity index is 1.01. The number of hydrogen-bond donors (Lipinski definition) is 0. The third-order valence-electron chi connectivity index (χ3n) is 14.1. The molecule has 0 saturated carbocycles. The molecule has 2 heterocycles. The van der Waals surface area contributed by atoms with E-state index in [1.807, 2.05) is 18.2 Å². The molecule has 0 atom stereocenters. The first-order valence-electron chi connectivity index (χ1n) is 22.5. The fraction of sp³-hybridized carbons (Fsp3) is 0.0656. The number of aromatic nitrogens is 4. The van der Waals surface area contributed by atoms with Crippen LogP contribution in [0.1, 0.15) is 47.2 Å². The maximum Gasteiger partial charge on any atom is 0.164 e. The van der Waals surface area contributed by atoms with Crippen LogP contribution in [0.15, 0.2) is 218 Å². The lowest BCUT2D eigenvalue weighted by Gasteiger charge is -2.47. The molecule has 0 N–H and O–H groups in total. The molecule has 0 unspecified atom stereocenters. The summed E-state index contributed by atoms with van der Waals surface area (Å²) in [7, 11) is 0. The number of nitrogens with zero attached hydrogens (tertiary/aromatic N) is 4. The van der Waals surface area contributed by atoms with Gasteiger partial charge in [-0.25, -0.2) is 15.0 Å². The predicted octanol–water partition coefficient (Wildman–Crippen LogP) is 14.6. The molecule has 0 radical (unpaired) electrons. The predicted molar refractivity (Wildman–Crippen MR) is 265 cm³/mol. The number of rotatable bonds is 5. The van der Waals surface area contributed by atoms with Gasteiger partial charge in [0.2, 0.25) is 0 Å². The Morgan fingerprint density at radius 2 is 0.769 bits per heavy atom. The van der Waals surface area contributed by atoms with E-state index in [1.165, 1.54) is 71.9 Å². The summed E-state index contributed by atoms with van der Waals surface area (Å²) in [5, 5.41) is 2.47. The molecule has 2 aromatic heterocycles. The summed E-state index contributed by atoms with van der Waals surface area (Å²) in [5.74, 6) is 1.89. The minimum absolute atomic E-state index is 0.342. The molecule has 2 aliphatic carbocycles. The Hall–Kier alpha value is -8.21. The van der Waals surface area contributed by atoms with Gasteiger partial charge in [-0.2, -0.15) is 0 Å². The van der Waals surface area contributed by atoms with Gasteiger partial charge in [0, 0.05) is 38.6 Å². The Morgan fingerprint density at radius 3 is 1.40 bits per heavy atom. The normalized spacial score (nSPS) is 13.9. The number of fused-ring (bicyclic) bond motifs is 12. The lowest BCUT2D eigenvalue weighted by molar-refractivity contribution is 0.565. The average Bonchev–Trinajstić information content (AvgIpc) is 3.87. The van der Waals surface area contributed by atoms with Crippen molar-refractivity contribution in [1.29, 1.82) is 0 Å². The van der Waals surface area contributed by atoms with Crippen LogP contribution in [0.4, 0.5) is 0 Å². The summed E-state index contributed by atoms with van der Waals surface area (Å²) < 4.78 is 2.34. The van der Waals surface area contributed by atoms with E-state index in [4.69, 9.17) is 15.0 Å². The molecule has 2 aliphatic rings. The molecule has 4 heteroatoms. The minimum atomic E-state index is -0.494. The van der Waals surface area contributed by atoms with Crippen molar-refractivity contribution in [3.05, 3.63) is 252 Å². The number of para-hydroxylation sites is 2. The van der Waals surface area contributed by atoms with E-state index in [1.54, 1.807) is 0 Å². The monoisotopic (exact) mass is 830 g/mol. The Bertz CT molecular complexity index is 3590. The summed E-state index contributed by atoms with van der Waals surface area (Å²) in [6, 6.07) is 78.9. The van der Waals surface area contributed by atoms with Gasteiger partial charge in [-0.15, -0.1) is 0 Å². The molecule has 0 bridgehead atoms. The van der Waals surface area contributed by atoms with Crippen LogP contribution in [0.25, 0.3) is 83.9 Å². The van der Waals surface area contributed by atoms with E-state index < -0.39 is 5.41 Å². The van der Waals surface area contributed by atoms with Crippen molar-refractivity contribution in [1.82, 2.24) is 19.5 Å². The van der Waals surface area contributed by atoms with Crippen molar-refractivity contribution in [2.75, 3.05) is 0 Å². The second-order valence-electron chi connectivity index (χ2n) is 17.9. The van der Waals surface area contributed by atoms with Crippen LogP contribution in [0.3, 0.4) is 0 Å². The topological polar surface area (TPSA) is 43.6 Å². The zero-order valence-corrected chi connectivity index (χ0v) is 36.1. The van der Waals surface area contributed by atoms with Gasteiger partial charge in [0.25, 0.3) is 0 Å². The third-order valence-corrected chi connectivity index (χ3v) is 14.1. The summed E-state index contributed by atoms with van der Waals surface area (Å²) in [5.41, 5.74) is 18.2. The summed E-state index contributed by atoms with van der Waals surface area (Å²) in [4.78, 5) is 15.8. The Kier molecular flexibility index (Phi) is 8.13. The largest absolute Gasteiger partial charge is 0.309 e. The molecule has 4 nitrogen and oxygen atoms in total. The summed E-state index contributed by atoms with van der Waals surface area (Å²) in [6.07, 6.45) is 0. The van der Waals surface area contributed by atoms with Crippen molar-refractivity contribution in [2.24, 2.45) is 0 Å². The van der Waals surface area contributed by atoms with Gasteiger partial charge < -0.3 is 4.57 Å². The number of benzene rings is 9. The van der Waals surface area contributed by atoms with Gasteiger partial charge in [-0.3, -0.25) is 0 Å². The zero-order valence-electron chi connectivity index (χ0n) is 36.1. The van der Waals surface area contributed by atoms with E-state index in [2.05, 4.69) is 219 Å². The average molecular weight is 831 g/mol. The standard InChI is InChI=1S/C61H42N4/c1-60(2)51-30-14-15-31-52(51)61(49-28-12-8-22-43(49)44-23-9-13-29-50(44)61)53-32-18-27-47(56(53)60)42-21-6-7-26-48(42)59-63-57(39-19-4-3-5-20-39)62-58(64-59)40-35-37-41(38-36-40)65-54-33-16-10-24-45(54)46-25-11-17-34-55(46)65/h3-38H,1-2H3. The van der Waals surface area contributed by atoms with Gasteiger partial charge in [0.1, 0.15) is 0 Å². The van der Waals surface area contributed by atoms with Gasteiger partial charge in [-0.1, -0.05) is 196 Å². The van der Waals surface area contributed by atoms with E-state index in [0.717, 1.165) is 27.9 Å². The van der Waals surface area contributed by atoms with Gasteiger partial charge in [-0.05, 0) is 92.0 Å². The van der Waals surface area contributed by atoms with Gasteiger partial charge in [0.15, 0.2) is 17.5 Å². The van der Waals surface area contributed by atoms with Crippen LogP contribution in [0.2, 0.25) is 0 Å². The van der Waals surface area contributed by atoms with Crippen molar-refractivity contribution in [3.8, 4) is 62.1 Å². The highest BCUT2D eigenvalue weighted by Gasteiger charge is 2.53. The molecule has 1 spiro atoms. The molecule has 0 aliphatic heterocycles. The van der Waals surface area contributed by atoms with Crippen molar-refractivity contribution in [2.45, 2.75) is 24.7 Å². The molecular weight excluding hydrogens is 789 g/mol. The van der Waals surface area contributed by atoms with Crippen LogP contribution in [-0.2, 0) is 10.8 Å². The van der Waals surface area contributed by atoms with Crippen molar-refractivity contribution >= 4 is 21.8 Å². The minimum Gasteiger partial charge on any atom is -0.309 e. The molecule has 0 fully saturated rings. The second-order valence-corrected chi connectivity index (χ2v) is 17.9. The third kappa shape index (κ3) is 5.34. The quantitative estimate of drug-likeness (QED) is 0.174. The smallest absolute Gasteiger partial charge is 0.164 e. The Morgan fingerprint density at radius 1 is 0.323 bits per heavy atom. The fourth-order valence-electron chi connectivity index (χ4n) is 11.4. The molecule has 0 saturated heterocycles. The highest BCUT2D eigenvalue weighted by atomic mass is 15.0. The molecule has 306 valence electrons. The molecule has 0 amide bonds. The lowest BCUT2D eigenvalue weighted by atomic mass is 9.54. The highest BCUT2D eigenvalue weighted by molar-refractivity contribution is 6.09. The van der Waals surface area contributed by atoms with Crippen LogP contribution in [-0.4, -0.2) is 19.5 Å². The first kappa shape index (κ1) is 37.4. The van der Waals surface area contributed by atoms with E-state index in [9.17, 15) is 0 Å². The maximum absolute atomic E-state index is 5.36. The molecule has 65 heavy (non-hydrogen) atoms. The number of hydrogen-bond acceptors (Lipinski definition) is 3. The second kappa shape index (κ2) is 14.2. The van der Waals surface area contributed by atoms with Crippen molar-refractivity contribution in [3.63, 3.8) is 0 Å². The first-order chi connectivity index (χ1) is 32.0. The fourth-order valence-corrected chi connectivity index (χ4v) is 11.4. The maximum atomic E-state index is 5.36. The van der Waals surface area contributed by atoms with E-state index in [0.29, 0.717) is 17.5 Å². The molecular formula is C61H42N4. The Labute approximate surface area is 378 Å². The zero-order chi connectivity index (χ0) is 43.3. The van der Waals surface area contributed by atoms with E-state index >= 15 is 0 Å². The van der Waals surface area contributed by atoms with Crippen LogP contribution >= 0.6 is 0 Å². The SMILES string of the molecule is CC1(C)c2ccccc2C2(c3ccccc3-c3ccccc32)c2cccc(-c3ccccc3-c3nc(-c4ccccc4)nc(-c4ccc(-n5c6ccccc6c6ccccc65)cc4)n3)c21. The van der Waals surface area contributed by atoms with E-state index in [-0.39, 0.29) is 5.41 Å². The molecule has 13 rings (SSSR count). The molecule has 9 aromatic carbocycles. The van der Waals surface area contributed by atoms with Crippen LogP contribution in [0, 0.1) is 0 Å². The lowest BCUT2D eigenvalue weighted by Crippen LogP contribution is -2.41. The van der Waals surface area contributed by atoms with Crippen LogP contribution < -0.4 is 0 Å². The summed E-state index contributed by atoms with van der Waals surface area (Å²) >= 11 is 0. The molecule has 11 aromatic rings.